The van der Waals surface area contributed by atoms with Crippen LogP contribution in [0.4, 0.5) is 9.18 Å². The van der Waals surface area contributed by atoms with Crippen molar-refractivity contribution in [2.75, 3.05) is 6.54 Å². The molecule has 4 rings (SSSR count). The predicted molar refractivity (Wildman–Crippen MR) is 124 cm³/mol. The van der Waals surface area contributed by atoms with Crippen LogP contribution in [0.3, 0.4) is 0 Å². The minimum absolute atomic E-state index is 0. The maximum absolute atomic E-state index is 13.4. The number of cyclic esters (lactones) is 1. The molecule has 2 atom stereocenters. The second kappa shape index (κ2) is 8.83. The Balaban J connectivity index is 0.00000306. The molecular formula is C26H27FN2O3. The molecule has 0 bridgehead atoms. The van der Waals surface area contributed by atoms with Gasteiger partial charge in [0.25, 0.3) is 5.56 Å². The van der Waals surface area contributed by atoms with Crippen LogP contribution < -0.4 is 5.56 Å². The number of hydrogen-bond donors (Lipinski definition) is 1. The summed E-state index contributed by atoms with van der Waals surface area (Å²) >= 11 is 0. The largest absolute Gasteiger partial charge is 0.437 e. The van der Waals surface area contributed by atoms with Crippen LogP contribution in [0.25, 0.3) is 11.1 Å². The number of ether oxygens (including phenoxy) is 1. The van der Waals surface area contributed by atoms with Crippen LogP contribution in [0.2, 0.25) is 0 Å². The molecule has 6 heteroatoms. The molecule has 0 aliphatic carbocycles. The average Bonchev–Trinajstić information content (AvgIpc) is 2.80. The van der Waals surface area contributed by atoms with Crippen molar-refractivity contribution in [3.8, 4) is 11.1 Å². The van der Waals surface area contributed by atoms with Crippen LogP contribution >= 0.6 is 0 Å². The standard InChI is InChI=1S/C26H25FN2O3.H2/c1-3-14-26(21-10-12-22(27)13-11-21)15-17-29(25(31)32-26)18(2)19-6-8-20(9-7-19)23-5-4-16-28-24(23)30;/h3-13,16,18H,1,14-15,17H2,2H3,(H,28,30);1H/t18-,26+;/m0./s1. The molecule has 1 amide bonds. The number of H-pyrrole nitrogens is 1. The van der Waals surface area contributed by atoms with Crippen molar-refractivity contribution in [2.45, 2.75) is 31.4 Å². The Kier molecular flexibility index (Phi) is 5.95. The number of rotatable bonds is 6. The van der Waals surface area contributed by atoms with E-state index in [0.29, 0.717) is 24.9 Å². The lowest BCUT2D eigenvalue weighted by atomic mass is 9.85. The number of amides is 1. The summed E-state index contributed by atoms with van der Waals surface area (Å²) in [5.74, 6) is -0.333. The molecular weight excluding hydrogens is 407 g/mol. The molecule has 2 heterocycles. The Hall–Kier alpha value is -3.67. The zero-order chi connectivity index (χ0) is 22.7. The molecule has 5 nitrogen and oxygen atoms in total. The predicted octanol–water partition coefficient (Wildman–Crippen LogP) is 5.80. The van der Waals surface area contributed by atoms with Crippen LogP contribution in [-0.2, 0) is 10.3 Å². The van der Waals surface area contributed by atoms with E-state index in [1.54, 1.807) is 41.4 Å². The maximum atomic E-state index is 13.4. The van der Waals surface area contributed by atoms with Gasteiger partial charge in [-0.3, -0.25) is 4.79 Å². The van der Waals surface area contributed by atoms with Crippen molar-refractivity contribution >= 4 is 6.09 Å². The van der Waals surface area contributed by atoms with E-state index in [-0.39, 0.29) is 18.8 Å². The number of carbonyl (C=O) groups excluding carboxylic acids is 1. The van der Waals surface area contributed by atoms with Crippen LogP contribution in [0.1, 0.15) is 38.4 Å². The van der Waals surface area contributed by atoms with E-state index in [1.165, 1.54) is 12.1 Å². The zero-order valence-corrected chi connectivity index (χ0v) is 17.9. The van der Waals surface area contributed by atoms with Crippen LogP contribution in [-0.4, -0.2) is 22.5 Å². The zero-order valence-electron chi connectivity index (χ0n) is 17.9. The average molecular weight is 435 g/mol. The first-order valence-electron chi connectivity index (χ1n) is 10.6. The lowest BCUT2D eigenvalue weighted by Gasteiger charge is -2.43. The molecule has 166 valence electrons. The van der Waals surface area contributed by atoms with Crippen molar-refractivity contribution in [2.24, 2.45) is 0 Å². The number of halogens is 1. The molecule has 3 aromatic rings. The van der Waals surface area contributed by atoms with E-state index < -0.39 is 11.7 Å². The van der Waals surface area contributed by atoms with Gasteiger partial charge in [-0.1, -0.05) is 42.5 Å². The van der Waals surface area contributed by atoms with Crippen LogP contribution in [0.15, 0.2) is 84.3 Å². The number of carbonyl (C=O) groups is 1. The lowest BCUT2D eigenvalue weighted by Crippen LogP contribution is -2.48. The molecule has 32 heavy (non-hydrogen) atoms. The Bertz CT molecular complexity index is 1180. The number of pyridine rings is 1. The first-order chi connectivity index (χ1) is 15.4. The summed E-state index contributed by atoms with van der Waals surface area (Å²) in [6.07, 6.45) is 3.92. The van der Waals surface area contributed by atoms with E-state index in [0.717, 1.165) is 16.7 Å². The maximum Gasteiger partial charge on any atom is 0.411 e. The second-order valence-corrected chi connectivity index (χ2v) is 8.02. The summed E-state index contributed by atoms with van der Waals surface area (Å²) in [5, 5.41) is 0. The van der Waals surface area contributed by atoms with Gasteiger partial charge in [-0.05, 0) is 47.9 Å². The van der Waals surface area contributed by atoms with Gasteiger partial charge in [-0.2, -0.15) is 0 Å². The summed E-state index contributed by atoms with van der Waals surface area (Å²) in [7, 11) is 0. The highest BCUT2D eigenvalue weighted by Gasteiger charge is 2.42. The number of nitrogens with zero attached hydrogens (tertiary/aromatic N) is 1. The van der Waals surface area contributed by atoms with Crippen LogP contribution in [0.5, 0.6) is 0 Å². The molecule has 1 aliphatic rings. The Morgan fingerprint density at radius 2 is 1.91 bits per heavy atom. The Morgan fingerprint density at radius 1 is 1.19 bits per heavy atom. The number of benzene rings is 2. The van der Waals surface area contributed by atoms with Gasteiger partial charge in [0.1, 0.15) is 11.4 Å². The number of aromatic amines is 1. The van der Waals surface area contributed by atoms with Crippen molar-refractivity contribution in [3.63, 3.8) is 0 Å². The number of nitrogens with one attached hydrogen (secondary N) is 1. The molecule has 1 aliphatic heterocycles. The van der Waals surface area contributed by atoms with Gasteiger partial charge in [0, 0.05) is 32.6 Å². The van der Waals surface area contributed by atoms with Crippen molar-refractivity contribution in [1.29, 1.82) is 0 Å². The van der Waals surface area contributed by atoms with Gasteiger partial charge >= 0.3 is 6.09 Å². The van der Waals surface area contributed by atoms with E-state index in [4.69, 9.17) is 4.74 Å². The monoisotopic (exact) mass is 434 g/mol. The minimum atomic E-state index is -0.846. The molecule has 0 spiro atoms. The molecule has 1 saturated heterocycles. The highest BCUT2D eigenvalue weighted by atomic mass is 19.1. The molecule has 0 radical (unpaired) electrons. The Morgan fingerprint density at radius 3 is 2.53 bits per heavy atom. The molecule has 0 unspecified atom stereocenters. The molecule has 2 aromatic carbocycles. The highest BCUT2D eigenvalue weighted by molar-refractivity contribution is 5.70. The van der Waals surface area contributed by atoms with E-state index in [9.17, 15) is 14.0 Å². The van der Waals surface area contributed by atoms with Crippen molar-refractivity contribution < 1.29 is 15.3 Å². The second-order valence-electron chi connectivity index (χ2n) is 8.02. The molecule has 1 fully saturated rings. The normalized spacial score (nSPS) is 19.3. The number of hydrogen-bond acceptors (Lipinski definition) is 3. The molecule has 1 N–H and O–H groups in total. The third kappa shape index (κ3) is 4.08. The summed E-state index contributed by atoms with van der Waals surface area (Å²) in [6, 6.07) is 17.0. The SMILES string of the molecule is C=CC[C@]1(c2ccc(F)cc2)CCN([C@@H](C)c2ccc(-c3ccc[nH]c3=O)cc2)C(=O)O1.[HH]. The molecule has 1 aromatic heterocycles. The highest BCUT2D eigenvalue weighted by Crippen LogP contribution is 2.40. The molecule has 0 saturated carbocycles. The fourth-order valence-electron chi connectivity index (χ4n) is 4.24. The third-order valence-electron chi connectivity index (χ3n) is 6.11. The Labute approximate surface area is 187 Å². The van der Waals surface area contributed by atoms with E-state index in [1.807, 2.05) is 31.2 Å². The van der Waals surface area contributed by atoms with E-state index >= 15 is 0 Å². The van der Waals surface area contributed by atoms with Crippen molar-refractivity contribution in [3.05, 3.63) is 107 Å². The lowest BCUT2D eigenvalue weighted by molar-refractivity contribution is -0.0588. The van der Waals surface area contributed by atoms with Gasteiger partial charge in [-0.25, -0.2) is 9.18 Å². The van der Waals surface area contributed by atoms with Gasteiger partial charge in [0.05, 0.1) is 6.04 Å². The minimum Gasteiger partial charge on any atom is -0.437 e. The van der Waals surface area contributed by atoms with Gasteiger partial charge in [0.15, 0.2) is 0 Å². The first kappa shape index (κ1) is 21.6. The van der Waals surface area contributed by atoms with E-state index in [2.05, 4.69) is 11.6 Å². The summed E-state index contributed by atoms with van der Waals surface area (Å²) in [6.45, 7) is 6.25. The number of aromatic nitrogens is 1. The summed E-state index contributed by atoms with van der Waals surface area (Å²) in [5.41, 5.74) is 2.11. The summed E-state index contributed by atoms with van der Waals surface area (Å²) in [4.78, 5) is 29.4. The van der Waals surface area contributed by atoms with Gasteiger partial charge < -0.3 is 14.6 Å². The fraction of sp³-hybridized carbons (Fsp3) is 0.231. The first-order valence-corrected chi connectivity index (χ1v) is 10.6. The van der Waals surface area contributed by atoms with Crippen LogP contribution in [0, 0.1) is 5.82 Å². The van der Waals surface area contributed by atoms with Gasteiger partial charge in [0.2, 0.25) is 0 Å². The smallest absolute Gasteiger partial charge is 0.411 e. The third-order valence-corrected chi connectivity index (χ3v) is 6.11. The fourth-order valence-corrected chi connectivity index (χ4v) is 4.24. The summed E-state index contributed by atoms with van der Waals surface area (Å²) < 4.78 is 19.4. The van der Waals surface area contributed by atoms with Gasteiger partial charge in [-0.15, -0.1) is 6.58 Å². The topological polar surface area (TPSA) is 62.4 Å². The van der Waals surface area contributed by atoms with Crippen molar-refractivity contribution in [1.82, 2.24) is 9.88 Å². The quantitative estimate of drug-likeness (QED) is 0.499.